The number of fused-ring (bicyclic) bond motifs is 1. The van der Waals surface area contributed by atoms with E-state index in [-0.39, 0.29) is 30.3 Å². The minimum atomic E-state index is -1.39. The molecule has 3 rings (SSSR count). The molecule has 1 aliphatic heterocycles. The average molecular weight is 457 g/mol. The highest BCUT2D eigenvalue weighted by atomic mass is 32.2. The number of benzene rings is 2. The van der Waals surface area contributed by atoms with Gasteiger partial charge in [-0.15, -0.1) is 0 Å². The zero-order valence-corrected chi connectivity index (χ0v) is 18.3. The summed E-state index contributed by atoms with van der Waals surface area (Å²) in [5.74, 6) is -3.36. The van der Waals surface area contributed by atoms with E-state index in [1.54, 1.807) is 24.3 Å². The van der Waals surface area contributed by atoms with Crippen LogP contribution in [0.1, 0.15) is 18.9 Å². The molecule has 32 heavy (non-hydrogen) atoms. The molecule has 3 N–H and O–H groups in total. The van der Waals surface area contributed by atoms with Crippen LogP contribution in [0.25, 0.3) is 0 Å². The zero-order chi connectivity index (χ0) is 23.3. The quantitative estimate of drug-likeness (QED) is 0.579. The van der Waals surface area contributed by atoms with Crippen molar-refractivity contribution in [3.8, 4) is 5.75 Å². The SMILES string of the molecule is CC(=O)SC(Cc1ccccc1)C(=O)C1C(=O)N(CCC(=O)O)c2ccccc2OC1N. The largest absolute Gasteiger partial charge is 0.481 e. The van der Waals surface area contributed by atoms with E-state index in [9.17, 15) is 19.2 Å². The molecule has 9 heteroatoms. The Labute approximate surface area is 189 Å². The van der Waals surface area contributed by atoms with Crippen molar-refractivity contribution in [3.05, 3.63) is 60.2 Å². The van der Waals surface area contributed by atoms with Crippen molar-refractivity contribution in [2.24, 2.45) is 11.7 Å². The second-order valence-corrected chi connectivity index (χ2v) is 8.73. The number of anilines is 1. The Balaban J connectivity index is 1.95. The Bertz CT molecular complexity index is 1010. The van der Waals surface area contributed by atoms with Gasteiger partial charge in [-0.05, 0) is 24.1 Å². The first-order valence-corrected chi connectivity index (χ1v) is 10.9. The number of aliphatic carboxylic acids is 1. The Hall–Kier alpha value is -3.17. The number of carboxylic acids is 1. The first kappa shape index (κ1) is 23.5. The lowest BCUT2D eigenvalue weighted by Gasteiger charge is -2.26. The van der Waals surface area contributed by atoms with Crippen LogP contribution in [0.2, 0.25) is 0 Å². The summed E-state index contributed by atoms with van der Waals surface area (Å²) in [5.41, 5.74) is 7.35. The van der Waals surface area contributed by atoms with Crippen molar-refractivity contribution >= 4 is 40.2 Å². The zero-order valence-electron chi connectivity index (χ0n) is 17.5. The molecule has 0 saturated carbocycles. The molecule has 3 unspecified atom stereocenters. The molecule has 0 fully saturated rings. The smallest absolute Gasteiger partial charge is 0.305 e. The summed E-state index contributed by atoms with van der Waals surface area (Å²) < 4.78 is 5.76. The summed E-state index contributed by atoms with van der Waals surface area (Å²) >= 11 is 0.846. The summed E-state index contributed by atoms with van der Waals surface area (Å²) in [6.45, 7) is 1.21. The maximum Gasteiger partial charge on any atom is 0.305 e. The Morgan fingerprint density at radius 1 is 1.12 bits per heavy atom. The Morgan fingerprint density at radius 2 is 1.78 bits per heavy atom. The lowest BCUT2D eigenvalue weighted by molar-refractivity contribution is -0.136. The fourth-order valence-electron chi connectivity index (χ4n) is 3.57. The maximum atomic E-state index is 13.5. The predicted molar refractivity (Wildman–Crippen MR) is 120 cm³/mol. The van der Waals surface area contributed by atoms with Gasteiger partial charge in [0.15, 0.2) is 17.1 Å². The van der Waals surface area contributed by atoms with E-state index < -0.39 is 35.1 Å². The van der Waals surface area contributed by atoms with Crippen molar-refractivity contribution in [2.75, 3.05) is 11.4 Å². The van der Waals surface area contributed by atoms with Crippen molar-refractivity contribution < 1.29 is 29.0 Å². The van der Waals surface area contributed by atoms with Crippen LogP contribution in [0.15, 0.2) is 54.6 Å². The van der Waals surface area contributed by atoms with Gasteiger partial charge in [-0.2, -0.15) is 0 Å². The third-order valence-corrected chi connectivity index (χ3v) is 6.04. The highest BCUT2D eigenvalue weighted by Gasteiger charge is 2.44. The second-order valence-electron chi connectivity index (χ2n) is 7.35. The summed E-state index contributed by atoms with van der Waals surface area (Å²) in [5, 5.41) is 8.02. The summed E-state index contributed by atoms with van der Waals surface area (Å²) in [4.78, 5) is 51.3. The summed E-state index contributed by atoms with van der Waals surface area (Å²) in [7, 11) is 0. The van der Waals surface area contributed by atoms with Gasteiger partial charge in [0.1, 0.15) is 11.7 Å². The van der Waals surface area contributed by atoms with Crippen molar-refractivity contribution in [2.45, 2.75) is 31.2 Å². The van der Waals surface area contributed by atoms with Crippen molar-refractivity contribution in [1.29, 1.82) is 0 Å². The number of hydrogen-bond donors (Lipinski definition) is 2. The van der Waals surface area contributed by atoms with Crippen LogP contribution in [0, 0.1) is 5.92 Å². The Morgan fingerprint density at radius 3 is 2.44 bits per heavy atom. The number of rotatable bonds is 8. The standard InChI is InChI=1S/C23H24N2O6S/c1-14(26)32-18(13-15-7-3-2-4-8-15)21(29)20-22(24)31-17-10-6-5-9-16(17)25(23(20)30)12-11-19(27)28/h2-10,18,20,22H,11-13,24H2,1H3,(H,27,28). The van der Waals surface area contributed by atoms with E-state index in [1.807, 2.05) is 30.3 Å². The van der Waals surface area contributed by atoms with E-state index in [0.717, 1.165) is 17.3 Å². The van der Waals surface area contributed by atoms with E-state index >= 15 is 0 Å². The molecule has 2 aromatic carbocycles. The van der Waals surface area contributed by atoms with Gasteiger partial charge in [-0.25, -0.2) is 0 Å². The lowest BCUT2D eigenvalue weighted by Crippen LogP contribution is -2.51. The molecule has 0 saturated heterocycles. The fourth-order valence-corrected chi connectivity index (χ4v) is 4.51. The number of carbonyl (C=O) groups is 4. The molecule has 0 aliphatic carbocycles. The number of hydrogen-bond acceptors (Lipinski definition) is 7. The van der Waals surface area contributed by atoms with Crippen LogP contribution in [-0.4, -0.2) is 45.9 Å². The summed E-state index contributed by atoms with van der Waals surface area (Å²) in [6.07, 6.45) is -1.36. The van der Waals surface area contributed by atoms with Gasteiger partial charge in [0.05, 0.1) is 17.4 Å². The van der Waals surface area contributed by atoms with Crippen LogP contribution >= 0.6 is 11.8 Å². The lowest BCUT2D eigenvalue weighted by atomic mass is 9.94. The van der Waals surface area contributed by atoms with Gasteiger partial charge in [-0.1, -0.05) is 54.2 Å². The number of carbonyl (C=O) groups excluding carboxylic acids is 3. The van der Waals surface area contributed by atoms with Gasteiger partial charge in [0.25, 0.3) is 0 Å². The van der Waals surface area contributed by atoms with Gasteiger partial charge < -0.3 is 14.7 Å². The van der Waals surface area contributed by atoms with Crippen LogP contribution < -0.4 is 15.4 Å². The maximum absolute atomic E-state index is 13.5. The molecule has 1 heterocycles. The molecule has 1 aliphatic rings. The van der Waals surface area contributed by atoms with E-state index in [2.05, 4.69) is 0 Å². The molecule has 0 aromatic heterocycles. The number of thioether (sulfide) groups is 1. The van der Waals surface area contributed by atoms with Crippen molar-refractivity contribution in [1.82, 2.24) is 0 Å². The predicted octanol–water partition coefficient (Wildman–Crippen LogP) is 2.25. The minimum Gasteiger partial charge on any atom is -0.481 e. The minimum absolute atomic E-state index is 0.145. The molecule has 168 valence electrons. The highest BCUT2D eigenvalue weighted by Crippen LogP contribution is 2.35. The number of nitrogens with zero attached hydrogens (tertiary/aromatic N) is 1. The van der Waals surface area contributed by atoms with Crippen LogP contribution in [0.3, 0.4) is 0 Å². The van der Waals surface area contributed by atoms with Gasteiger partial charge in [0, 0.05) is 13.5 Å². The normalized spacial score (nSPS) is 18.8. The molecular formula is C23H24N2O6S. The number of para-hydroxylation sites is 2. The fraction of sp³-hybridized carbons (Fsp3) is 0.304. The third-order valence-electron chi connectivity index (χ3n) is 5.03. The number of Topliss-reactive ketones (excluding diaryl/α,β-unsaturated/α-hetero) is 1. The molecule has 2 aromatic rings. The highest BCUT2D eigenvalue weighted by molar-refractivity contribution is 8.14. The number of nitrogens with two attached hydrogens (primary N) is 1. The van der Waals surface area contributed by atoms with Gasteiger partial charge in [-0.3, -0.25) is 24.9 Å². The molecule has 8 nitrogen and oxygen atoms in total. The molecule has 0 radical (unpaired) electrons. The number of amides is 1. The van der Waals surface area contributed by atoms with E-state index in [0.29, 0.717) is 5.69 Å². The molecule has 0 spiro atoms. The number of ketones is 1. The van der Waals surface area contributed by atoms with Crippen molar-refractivity contribution in [3.63, 3.8) is 0 Å². The molecule has 0 bridgehead atoms. The van der Waals surface area contributed by atoms with Crippen LogP contribution in [0.5, 0.6) is 5.75 Å². The monoisotopic (exact) mass is 456 g/mol. The topological polar surface area (TPSA) is 127 Å². The van der Waals surface area contributed by atoms with E-state index in [1.165, 1.54) is 11.8 Å². The number of ether oxygens (including phenoxy) is 1. The average Bonchev–Trinajstić information content (AvgIpc) is 2.84. The Kier molecular flexibility index (Phi) is 7.66. The van der Waals surface area contributed by atoms with Crippen LogP contribution in [-0.2, 0) is 25.6 Å². The second kappa shape index (κ2) is 10.4. The molecular weight excluding hydrogens is 432 g/mol. The molecule has 1 amide bonds. The number of carboxylic acid groups (broad SMARTS) is 1. The first-order valence-electron chi connectivity index (χ1n) is 10.1. The van der Waals surface area contributed by atoms with Gasteiger partial charge in [0.2, 0.25) is 5.91 Å². The van der Waals surface area contributed by atoms with Crippen LogP contribution in [0.4, 0.5) is 5.69 Å². The first-order chi connectivity index (χ1) is 15.3. The van der Waals surface area contributed by atoms with E-state index in [4.69, 9.17) is 15.6 Å². The molecule has 3 atom stereocenters. The summed E-state index contributed by atoms with van der Waals surface area (Å²) in [6, 6.07) is 15.8. The third kappa shape index (κ3) is 5.54. The van der Waals surface area contributed by atoms with Gasteiger partial charge >= 0.3 is 5.97 Å².